The molecule has 1 aliphatic carbocycles. The van der Waals surface area contributed by atoms with Crippen molar-refractivity contribution in [2.75, 3.05) is 0 Å². The van der Waals surface area contributed by atoms with Crippen LogP contribution in [0.1, 0.15) is 30.7 Å². The van der Waals surface area contributed by atoms with E-state index in [1.165, 1.54) is 5.56 Å². The predicted molar refractivity (Wildman–Crippen MR) is 65.8 cm³/mol. The van der Waals surface area contributed by atoms with Gasteiger partial charge < -0.3 is 0 Å². The molecule has 74 valence electrons. The Balaban J connectivity index is 2.22. The van der Waals surface area contributed by atoms with Crippen LogP contribution in [0.3, 0.4) is 0 Å². The molecule has 1 saturated carbocycles. The second kappa shape index (κ2) is 4.43. The van der Waals surface area contributed by atoms with Gasteiger partial charge in [0.1, 0.15) is 5.78 Å². The first-order valence-electron chi connectivity index (χ1n) is 5.01. The molecule has 0 heterocycles. The molecule has 0 saturated heterocycles. The number of hydrogen-bond acceptors (Lipinski definition) is 1. The lowest BCUT2D eigenvalue weighted by atomic mass is 9.83. The number of carbonyl (C=O) groups excluding carboxylic acids is 1. The van der Waals surface area contributed by atoms with Gasteiger partial charge in [0.15, 0.2) is 0 Å². The zero-order chi connectivity index (χ0) is 9.97. The molecule has 0 aliphatic heterocycles. The molecular weight excluding hydrogens is 287 g/mol. The van der Waals surface area contributed by atoms with Crippen molar-refractivity contribution in [1.29, 1.82) is 0 Å². The van der Waals surface area contributed by atoms with Crippen LogP contribution < -0.4 is 0 Å². The van der Waals surface area contributed by atoms with Gasteiger partial charge in [0.2, 0.25) is 0 Å². The second-order valence-corrected chi connectivity index (χ2v) is 5.12. The number of benzene rings is 1. The number of rotatable bonds is 1. The Bertz CT molecular complexity index is 320. The van der Waals surface area contributed by atoms with Gasteiger partial charge in [-0.3, -0.25) is 4.79 Å². The van der Waals surface area contributed by atoms with Crippen molar-refractivity contribution >= 4 is 28.4 Å². The molecule has 1 aliphatic rings. The minimum atomic E-state index is 0.184. The molecule has 0 aromatic heterocycles. The standard InChI is InChI=1S/C12H13IO/c13-12-10(7-4-8-11(12)14)9-5-2-1-3-6-9/h1-3,5-6,10,12H,4,7-8H2/t10-,12+/m0/s1. The van der Waals surface area contributed by atoms with Gasteiger partial charge in [-0.05, 0) is 18.4 Å². The maximum atomic E-state index is 11.6. The molecule has 2 heteroatoms. The second-order valence-electron chi connectivity index (χ2n) is 3.78. The molecule has 14 heavy (non-hydrogen) atoms. The van der Waals surface area contributed by atoms with Gasteiger partial charge >= 0.3 is 0 Å². The van der Waals surface area contributed by atoms with E-state index >= 15 is 0 Å². The van der Waals surface area contributed by atoms with Crippen LogP contribution in [0.5, 0.6) is 0 Å². The smallest absolute Gasteiger partial charge is 0.146 e. The van der Waals surface area contributed by atoms with Gasteiger partial charge in [0, 0.05) is 12.3 Å². The van der Waals surface area contributed by atoms with Crippen LogP contribution in [0.15, 0.2) is 30.3 Å². The summed E-state index contributed by atoms with van der Waals surface area (Å²) >= 11 is 2.30. The van der Waals surface area contributed by atoms with Crippen LogP contribution in [-0.4, -0.2) is 9.71 Å². The highest BCUT2D eigenvalue weighted by molar-refractivity contribution is 14.1. The molecular formula is C12H13IO. The molecule has 1 aromatic carbocycles. The van der Waals surface area contributed by atoms with E-state index < -0.39 is 0 Å². The van der Waals surface area contributed by atoms with Crippen LogP contribution in [0, 0.1) is 0 Å². The SMILES string of the molecule is O=C1CCC[C@@H](c2ccccc2)[C@H]1I. The topological polar surface area (TPSA) is 17.1 Å². The molecule has 1 aromatic rings. The Hall–Kier alpha value is -0.380. The number of hydrogen-bond donors (Lipinski definition) is 0. The number of Topliss-reactive ketones (excluding diaryl/α,β-unsaturated/α-hetero) is 1. The van der Waals surface area contributed by atoms with E-state index in [-0.39, 0.29) is 3.92 Å². The van der Waals surface area contributed by atoms with E-state index in [0.717, 1.165) is 19.3 Å². The van der Waals surface area contributed by atoms with Crippen molar-refractivity contribution in [1.82, 2.24) is 0 Å². The lowest BCUT2D eigenvalue weighted by Gasteiger charge is -2.26. The summed E-state index contributed by atoms with van der Waals surface area (Å²) < 4.78 is 0.184. The maximum absolute atomic E-state index is 11.6. The Kier molecular flexibility index (Phi) is 3.21. The minimum absolute atomic E-state index is 0.184. The third-order valence-electron chi connectivity index (χ3n) is 2.83. The Morgan fingerprint density at radius 1 is 1.21 bits per heavy atom. The zero-order valence-corrected chi connectivity index (χ0v) is 10.1. The van der Waals surface area contributed by atoms with E-state index in [1.54, 1.807) is 0 Å². The summed E-state index contributed by atoms with van der Waals surface area (Å²) in [7, 11) is 0. The highest BCUT2D eigenvalue weighted by atomic mass is 127. The van der Waals surface area contributed by atoms with Gasteiger partial charge in [-0.25, -0.2) is 0 Å². The van der Waals surface area contributed by atoms with Crippen LogP contribution in [0.2, 0.25) is 0 Å². The van der Waals surface area contributed by atoms with Crippen LogP contribution in [0.4, 0.5) is 0 Å². The number of alkyl halides is 1. The molecule has 1 fully saturated rings. The van der Waals surface area contributed by atoms with Crippen molar-refractivity contribution in [3.05, 3.63) is 35.9 Å². The van der Waals surface area contributed by atoms with Crippen molar-refractivity contribution < 1.29 is 4.79 Å². The fourth-order valence-electron chi connectivity index (χ4n) is 2.04. The number of carbonyl (C=O) groups is 1. The summed E-state index contributed by atoms with van der Waals surface area (Å²) in [6, 6.07) is 10.4. The first-order chi connectivity index (χ1) is 6.79. The van der Waals surface area contributed by atoms with Gasteiger partial charge in [-0.2, -0.15) is 0 Å². The first kappa shape index (κ1) is 10.1. The summed E-state index contributed by atoms with van der Waals surface area (Å²) in [5.41, 5.74) is 1.32. The van der Waals surface area contributed by atoms with Gasteiger partial charge in [-0.1, -0.05) is 52.9 Å². The predicted octanol–water partition coefficient (Wildman–Crippen LogP) is 3.33. The Labute approximate surface area is 98.0 Å². The Morgan fingerprint density at radius 2 is 1.93 bits per heavy atom. The summed E-state index contributed by atoms with van der Waals surface area (Å²) in [6.07, 6.45) is 2.98. The lowest BCUT2D eigenvalue weighted by Crippen LogP contribution is -2.26. The summed E-state index contributed by atoms with van der Waals surface area (Å²) in [4.78, 5) is 11.6. The van der Waals surface area contributed by atoms with E-state index in [0.29, 0.717) is 11.7 Å². The highest BCUT2D eigenvalue weighted by Crippen LogP contribution is 2.35. The lowest BCUT2D eigenvalue weighted by molar-refractivity contribution is -0.119. The monoisotopic (exact) mass is 300 g/mol. The molecule has 0 unspecified atom stereocenters. The summed E-state index contributed by atoms with van der Waals surface area (Å²) in [6.45, 7) is 0. The van der Waals surface area contributed by atoms with Crippen molar-refractivity contribution in [3.8, 4) is 0 Å². The molecule has 1 nitrogen and oxygen atoms in total. The maximum Gasteiger partial charge on any atom is 0.146 e. The van der Waals surface area contributed by atoms with Crippen LogP contribution >= 0.6 is 22.6 Å². The van der Waals surface area contributed by atoms with Crippen LogP contribution in [0.25, 0.3) is 0 Å². The van der Waals surface area contributed by atoms with Crippen molar-refractivity contribution in [2.45, 2.75) is 29.1 Å². The first-order valence-corrected chi connectivity index (χ1v) is 6.25. The largest absolute Gasteiger partial charge is 0.299 e. The fourth-order valence-corrected chi connectivity index (χ4v) is 3.13. The quantitative estimate of drug-likeness (QED) is 0.574. The summed E-state index contributed by atoms with van der Waals surface area (Å²) in [5.74, 6) is 0.865. The molecule has 2 rings (SSSR count). The van der Waals surface area contributed by atoms with Crippen molar-refractivity contribution in [3.63, 3.8) is 0 Å². The van der Waals surface area contributed by atoms with E-state index in [4.69, 9.17) is 0 Å². The Morgan fingerprint density at radius 3 is 2.64 bits per heavy atom. The third kappa shape index (κ3) is 2.00. The number of halogens is 1. The third-order valence-corrected chi connectivity index (χ3v) is 4.39. The molecule has 0 radical (unpaired) electrons. The van der Waals surface area contributed by atoms with E-state index in [2.05, 4.69) is 46.9 Å². The number of ketones is 1. The van der Waals surface area contributed by atoms with E-state index in [1.807, 2.05) is 6.07 Å². The zero-order valence-electron chi connectivity index (χ0n) is 7.95. The average molecular weight is 300 g/mol. The molecule has 0 bridgehead atoms. The van der Waals surface area contributed by atoms with Crippen molar-refractivity contribution in [2.24, 2.45) is 0 Å². The average Bonchev–Trinajstić information content (AvgIpc) is 2.23. The van der Waals surface area contributed by atoms with E-state index in [9.17, 15) is 4.79 Å². The highest BCUT2D eigenvalue weighted by Gasteiger charge is 2.30. The van der Waals surface area contributed by atoms with Gasteiger partial charge in [0.25, 0.3) is 0 Å². The normalized spacial score (nSPS) is 27.6. The fraction of sp³-hybridized carbons (Fsp3) is 0.417. The van der Waals surface area contributed by atoms with Crippen LogP contribution in [-0.2, 0) is 4.79 Å². The minimum Gasteiger partial charge on any atom is -0.299 e. The molecule has 0 N–H and O–H groups in total. The van der Waals surface area contributed by atoms with Gasteiger partial charge in [-0.15, -0.1) is 0 Å². The molecule has 2 atom stereocenters. The summed E-state index contributed by atoms with van der Waals surface area (Å²) in [5, 5.41) is 0. The molecule has 0 amide bonds. The van der Waals surface area contributed by atoms with Gasteiger partial charge in [0.05, 0.1) is 3.92 Å². The molecule has 0 spiro atoms.